The van der Waals surface area contributed by atoms with E-state index in [9.17, 15) is 61.1 Å². The molecule has 5 atom stereocenters. The average molecular weight is 2560 g/mol. The molecule has 0 aliphatic heterocycles. The Morgan fingerprint density at radius 3 is 0.925 bits per heavy atom. The maximum atomic E-state index is 13.9. The first-order valence-corrected chi connectivity index (χ1v) is 56.9. The van der Waals surface area contributed by atoms with Crippen molar-refractivity contribution in [1.29, 1.82) is 0 Å². The zero-order valence-electron chi connectivity index (χ0n) is 84.9. The number of rotatable bonds is 41. The number of hydrogen-bond acceptors (Lipinski definition) is 11. The van der Waals surface area contributed by atoms with Crippen LogP contribution < -0.4 is 41.1 Å². The lowest BCUT2D eigenvalue weighted by atomic mass is 9.82. The van der Waals surface area contributed by atoms with E-state index in [4.69, 9.17) is 24.0 Å². The predicted molar refractivity (Wildman–Crippen MR) is 619 cm³/mol. The molecule has 12 rings (SSSR count). The number of anilines is 2. The molecule has 29 heteroatoms. The molecule has 8 aromatic rings. The molecule has 5 unspecified atom stereocenters. The Morgan fingerprint density at radius 1 is 0.336 bits per heavy atom. The standard InChI is InChI=1S/C26H30F3IN2O2.C25H30I2N2O2.C23H32N2O3.C22H23IN2O2.C21H27IN2O2/c1-2-3-17-31-24(33)23(18-9-5-4-6-10-18)32(25(34)21-11-7-8-12-22(21)30)20-15-13-19(14-16-20)26(27,28)29;1-2-3-17-28-24(30)23(18-9-5-4-6-10-18)29(20-15-13-19(26)14-16-20)25(31)21-11-7-8-12-22(21)27;1-4-6-16-24-22(26)21(18-12-8-7-9-13-18)25(17-5-2)23(27)19-14-10-11-15-20(19)28-3;1-3-5-15-24-21(26)20(17-11-7-6-8-12-17)25(16-4-2)22(27)18-13-9-10-14-19(18)23;1-3-5-14-23-20(25)19(16-10-6-7-11-16)24(15-4-2)21(26)17-12-8-9-13-18(17)22/h7-8,11-16,18,23H,2-6,9-10,17H2,1H3,(H,31,33);7-8,11-16,18,23H,2-6,9-10,17H2,1H3,(H,28,30);2,10-11,14-15,18,21H,4,6-9,12-13,16-17H2,1,3H3,(H,24,26);2,6-14,20H,3,5,15-16H2,1H3,(H,24,26);2,8-9,12-13,16,19H,3,5-7,10-11,14-15H2,1H3,(H,23,25). The highest BCUT2D eigenvalue weighted by Crippen LogP contribution is 2.40. The van der Waals surface area contributed by atoms with E-state index in [-0.39, 0.29) is 102 Å². The van der Waals surface area contributed by atoms with Crippen LogP contribution in [0.3, 0.4) is 0 Å². The summed E-state index contributed by atoms with van der Waals surface area (Å²) in [5.74, 6) is 6.78. The van der Waals surface area contributed by atoms with Gasteiger partial charge < -0.3 is 46.0 Å². The summed E-state index contributed by atoms with van der Waals surface area (Å²) < 4.78 is 49.4. The highest BCUT2D eigenvalue weighted by Gasteiger charge is 2.45. The summed E-state index contributed by atoms with van der Waals surface area (Å²) >= 11 is 10.8. The van der Waals surface area contributed by atoms with Crippen molar-refractivity contribution >= 4 is 183 Å². The first-order chi connectivity index (χ1) is 70.6. The number of alkyl halides is 3. The van der Waals surface area contributed by atoms with Crippen molar-refractivity contribution in [3.8, 4) is 42.8 Å². The summed E-state index contributed by atoms with van der Waals surface area (Å²) in [6, 6.07) is 55.1. The summed E-state index contributed by atoms with van der Waals surface area (Å²) in [7, 11) is 1.54. The number of hydrogen-bond donors (Lipinski definition) is 5. The zero-order chi connectivity index (χ0) is 106. The van der Waals surface area contributed by atoms with E-state index < -0.39 is 41.9 Å². The van der Waals surface area contributed by atoms with Gasteiger partial charge in [-0.05, 0) is 335 Å². The van der Waals surface area contributed by atoms with Crippen LogP contribution in [0, 0.1) is 78.6 Å². The average Bonchev–Trinajstić information content (AvgIpc) is 0.937. The number of ether oxygens (including phenoxy) is 1. The van der Waals surface area contributed by atoms with Crippen molar-refractivity contribution in [3.05, 3.63) is 257 Å². The van der Waals surface area contributed by atoms with Crippen LogP contribution in [0.4, 0.5) is 24.5 Å². The van der Waals surface area contributed by atoms with E-state index in [0.717, 1.165) is 215 Å². The Hall–Kier alpha value is -9.62. The van der Waals surface area contributed by atoms with Crippen LogP contribution in [0.1, 0.15) is 290 Å². The van der Waals surface area contributed by atoms with Crippen molar-refractivity contribution in [2.24, 2.45) is 23.7 Å². The number of benzene rings is 8. The molecule has 4 aliphatic carbocycles. The number of halogens is 8. The molecule has 0 radical (unpaired) electrons. The fourth-order valence-electron chi connectivity index (χ4n) is 19.0. The molecule has 0 heterocycles. The molecule has 4 aliphatic rings. The zero-order valence-corrected chi connectivity index (χ0v) is 95.7. The lowest BCUT2D eigenvalue weighted by Gasteiger charge is -2.38. The third-order valence-corrected chi connectivity index (χ3v) is 31.1. The van der Waals surface area contributed by atoms with Gasteiger partial charge in [-0.25, -0.2) is 0 Å². The highest BCUT2D eigenvalue weighted by molar-refractivity contribution is 14.1. The van der Waals surface area contributed by atoms with E-state index in [2.05, 4.69) is 185 Å². The minimum atomic E-state index is -4.48. The normalized spacial score (nSPS) is 14.6. The van der Waals surface area contributed by atoms with Crippen LogP contribution in [0.15, 0.2) is 200 Å². The molecule has 782 valence electrons. The van der Waals surface area contributed by atoms with Crippen molar-refractivity contribution in [2.75, 3.05) is 69.3 Å². The van der Waals surface area contributed by atoms with E-state index >= 15 is 0 Å². The van der Waals surface area contributed by atoms with E-state index in [1.807, 2.05) is 134 Å². The second kappa shape index (κ2) is 66.1. The second-order valence-corrected chi connectivity index (χ2v) is 42.9. The SMILES string of the molecule is C#CCN(C(=O)c1ccccc1I)C(C(=O)NCCCC)C1CCCC1.C#CCN(C(=O)c1ccccc1I)C(C(=O)NCCCC)c1ccccc1.C#CCN(C(=O)c1ccccc1OC)C(C(=O)NCCCC)C1CCCCC1.CCCCNC(=O)C(C1CCCCC1)N(C(=O)c1ccccc1I)c1ccc(C(F)(F)F)cc1.CCCCNC(=O)C(C1CCCCC1)N(C(=O)c1ccccc1I)c1ccc(I)cc1. The number of para-hydroxylation sites is 1. The molecule has 0 bridgehead atoms. The van der Waals surface area contributed by atoms with Crippen molar-refractivity contribution in [3.63, 3.8) is 0 Å². The van der Waals surface area contributed by atoms with Crippen LogP contribution in [0.2, 0.25) is 0 Å². The Balaban J connectivity index is 0.000000223. The lowest BCUT2D eigenvalue weighted by molar-refractivity contribution is -0.137. The summed E-state index contributed by atoms with van der Waals surface area (Å²) in [6.07, 6.45) is 41.0. The quantitative estimate of drug-likeness (QED) is 0.0137. The molecule has 10 amide bonds. The van der Waals surface area contributed by atoms with Gasteiger partial charge in [0, 0.05) is 61.9 Å². The Bertz CT molecular complexity index is 5600. The first-order valence-electron chi connectivity index (χ1n) is 51.5. The van der Waals surface area contributed by atoms with E-state index in [1.54, 1.807) is 63.2 Å². The van der Waals surface area contributed by atoms with E-state index in [1.165, 1.54) is 41.9 Å². The molecule has 21 nitrogen and oxygen atoms in total. The maximum Gasteiger partial charge on any atom is 0.416 e. The Morgan fingerprint density at radius 2 is 0.603 bits per heavy atom. The molecule has 0 aromatic heterocycles. The van der Waals surface area contributed by atoms with Crippen LogP contribution in [-0.4, -0.2) is 157 Å². The molecular formula is C117H142F3I5N10O11. The molecular weight excluding hydrogens is 2410 g/mol. The molecule has 0 spiro atoms. The second-order valence-electron chi connectivity index (χ2n) is 37.0. The molecule has 5 N–H and O–H groups in total. The number of nitrogens with one attached hydrogen (secondary N) is 5. The minimum absolute atomic E-state index is 0.0295. The molecule has 4 fully saturated rings. The van der Waals surface area contributed by atoms with Gasteiger partial charge in [0.15, 0.2) is 0 Å². The number of nitrogens with zero attached hydrogens (tertiary/aromatic N) is 5. The predicted octanol–water partition coefficient (Wildman–Crippen LogP) is 24.7. The summed E-state index contributed by atoms with van der Waals surface area (Å²) in [5.41, 5.74) is 3.66. The first kappa shape index (κ1) is 122. The summed E-state index contributed by atoms with van der Waals surface area (Å²) in [4.78, 5) is 142. The van der Waals surface area contributed by atoms with Crippen LogP contribution in [0.5, 0.6) is 5.75 Å². The van der Waals surface area contributed by atoms with Crippen molar-refractivity contribution in [2.45, 2.75) is 257 Å². The van der Waals surface area contributed by atoms with Gasteiger partial charge in [0.25, 0.3) is 29.5 Å². The van der Waals surface area contributed by atoms with E-state index in [0.29, 0.717) is 72.0 Å². The van der Waals surface area contributed by atoms with Crippen molar-refractivity contribution in [1.82, 2.24) is 41.3 Å². The molecule has 0 saturated heterocycles. The van der Waals surface area contributed by atoms with Gasteiger partial charge in [-0.2, -0.15) is 13.2 Å². The molecule has 8 aromatic carbocycles. The van der Waals surface area contributed by atoms with Gasteiger partial charge in [-0.15, -0.1) is 19.3 Å². The maximum absolute atomic E-state index is 13.9. The van der Waals surface area contributed by atoms with Crippen molar-refractivity contribution < 1.29 is 65.9 Å². The Labute approximate surface area is 931 Å². The van der Waals surface area contributed by atoms with Gasteiger partial charge in [-0.3, -0.25) is 57.7 Å². The Kier molecular flexibility index (Phi) is 55.0. The largest absolute Gasteiger partial charge is 0.496 e. The van der Waals surface area contributed by atoms with Gasteiger partial charge in [0.1, 0.15) is 36.0 Å². The highest BCUT2D eigenvalue weighted by atomic mass is 127. The fraction of sp³-hybridized carbons (Fsp3) is 0.453. The van der Waals surface area contributed by atoms with Gasteiger partial charge in [-0.1, -0.05) is 246 Å². The number of carbonyl (C=O) groups excluding carboxylic acids is 10. The topological polar surface area (TPSA) is 256 Å². The number of amides is 10. The number of unbranched alkanes of at least 4 members (excludes halogenated alkanes) is 5. The smallest absolute Gasteiger partial charge is 0.416 e. The van der Waals surface area contributed by atoms with Gasteiger partial charge in [0.2, 0.25) is 29.5 Å². The third kappa shape index (κ3) is 36.9. The number of methoxy groups -OCH3 is 1. The van der Waals surface area contributed by atoms with Crippen LogP contribution in [0.25, 0.3) is 0 Å². The van der Waals surface area contributed by atoms with Crippen LogP contribution in [-0.2, 0) is 30.1 Å². The number of terminal acetylenes is 3. The summed E-state index contributed by atoms with van der Waals surface area (Å²) in [6.45, 7) is 13.6. The molecule has 4 saturated carbocycles. The number of carbonyl (C=O) groups is 10. The lowest BCUT2D eigenvalue weighted by Crippen LogP contribution is -2.54. The fourth-order valence-corrected chi connectivity index (χ4v) is 21.8. The third-order valence-electron chi connectivity index (χ3n) is 26.6. The van der Waals surface area contributed by atoms with Gasteiger partial charge >= 0.3 is 6.18 Å². The summed E-state index contributed by atoms with van der Waals surface area (Å²) in [5, 5.41) is 15.1. The molecule has 146 heavy (non-hydrogen) atoms. The van der Waals surface area contributed by atoms with Crippen LogP contribution >= 0.6 is 113 Å². The monoisotopic (exact) mass is 2550 g/mol. The minimum Gasteiger partial charge on any atom is -0.496 e. The van der Waals surface area contributed by atoms with Gasteiger partial charge in [0.05, 0.1) is 60.1 Å².